The molecular formula is C24H26FN3O4S. The second-order valence-corrected chi connectivity index (χ2v) is 8.53. The maximum atomic E-state index is 13.5. The van der Waals surface area contributed by atoms with Crippen LogP contribution in [0.1, 0.15) is 12.8 Å². The minimum Gasteiger partial charge on any atom is -0.493 e. The fourth-order valence-corrected chi connectivity index (χ4v) is 4.45. The van der Waals surface area contributed by atoms with E-state index in [0.29, 0.717) is 28.9 Å². The molecule has 3 aromatic rings. The molecule has 4 rings (SSSR count). The molecule has 9 heteroatoms. The first-order valence-electron chi connectivity index (χ1n) is 10.7. The number of thioether (sulfide) groups is 1. The number of rotatable bonds is 9. The number of amides is 1. The molecule has 0 unspecified atom stereocenters. The third-order valence-corrected chi connectivity index (χ3v) is 6.33. The first-order chi connectivity index (χ1) is 16.1. The van der Waals surface area contributed by atoms with Crippen molar-refractivity contribution in [2.45, 2.75) is 24.0 Å². The summed E-state index contributed by atoms with van der Waals surface area (Å²) < 4.78 is 29.7. The fourth-order valence-electron chi connectivity index (χ4n) is 3.61. The summed E-state index contributed by atoms with van der Waals surface area (Å²) in [4.78, 5) is 20.4. The standard InChI is InChI=1S/C24H26FN3O4S/c1-30-19-10-7-16(12-20(19)31-2)23-27-22(15-5-8-17(25)9-6-15)24(28-23)33-14-21(29)26-13-18-4-3-11-32-18/h5-10,12,18H,3-4,11,13-14H2,1-2H3,(H,26,29)(H,27,28)/t18-/m1/s1. The quantitative estimate of drug-likeness (QED) is 0.453. The summed E-state index contributed by atoms with van der Waals surface area (Å²) in [7, 11) is 3.15. The van der Waals surface area contributed by atoms with E-state index in [0.717, 1.165) is 36.3 Å². The summed E-state index contributed by atoms with van der Waals surface area (Å²) in [5.74, 6) is 1.60. The van der Waals surface area contributed by atoms with Gasteiger partial charge in [-0.2, -0.15) is 0 Å². The molecule has 0 spiro atoms. The zero-order valence-electron chi connectivity index (χ0n) is 18.5. The Bertz CT molecular complexity index is 1100. The molecule has 7 nitrogen and oxygen atoms in total. The lowest BCUT2D eigenvalue weighted by atomic mass is 10.1. The van der Waals surface area contributed by atoms with Crippen LogP contribution >= 0.6 is 11.8 Å². The van der Waals surface area contributed by atoms with Crippen molar-refractivity contribution >= 4 is 17.7 Å². The lowest BCUT2D eigenvalue weighted by Crippen LogP contribution is -2.32. The number of halogens is 1. The minimum absolute atomic E-state index is 0.0868. The number of aromatic amines is 1. The molecule has 174 valence electrons. The SMILES string of the molecule is COc1ccc(-c2nc(SCC(=O)NC[C@H]3CCCO3)c(-c3ccc(F)cc3)[nH]2)cc1OC. The average Bonchev–Trinajstić information content (AvgIpc) is 3.51. The van der Waals surface area contributed by atoms with Gasteiger partial charge in [-0.15, -0.1) is 0 Å². The second-order valence-electron chi connectivity index (χ2n) is 7.57. The lowest BCUT2D eigenvalue weighted by Gasteiger charge is -2.10. The third kappa shape index (κ3) is 5.66. The van der Waals surface area contributed by atoms with Crippen molar-refractivity contribution in [1.82, 2.24) is 15.3 Å². The number of carbonyl (C=O) groups is 1. The lowest BCUT2D eigenvalue weighted by molar-refractivity contribution is -0.119. The van der Waals surface area contributed by atoms with Crippen molar-refractivity contribution in [3.8, 4) is 34.1 Å². The van der Waals surface area contributed by atoms with Crippen LogP contribution in [0, 0.1) is 5.82 Å². The second kappa shape index (κ2) is 10.7. The molecule has 2 heterocycles. The number of H-pyrrole nitrogens is 1. The molecule has 0 saturated carbocycles. The van der Waals surface area contributed by atoms with Crippen molar-refractivity contribution < 1.29 is 23.4 Å². The van der Waals surface area contributed by atoms with Gasteiger partial charge in [-0.3, -0.25) is 4.79 Å². The predicted molar refractivity (Wildman–Crippen MR) is 125 cm³/mol. The summed E-state index contributed by atoms with van der Waals surface area (Å²) in [6, 6.07) is 11.7. The monoisotopic (exact) mass is 471 g/mol. The summed E-state index contributed by atoms with van der Waals surface area (Å²) in [5, 5.41) is 3.58. The molecule has 33 heavy (non-hydrogen) atoms. The van der Waals surface area contributed by atoms with E-state index in [4.69, 9.17) is 19.2 Å². The fraction of sp³-hybridized carbons (Fsp3) is 0.333. The molecular weight excluding hydrogens is 445 g/mol. The largest absolute Gasteiger partial charge is 0.493 e. The van der Waals surface area contributed by atoms with Crippen molar-refractivity contribution in [1.29, 1.82) is 0 Å². The number of ether oxygens (including phenoxy) is 3. The van der Waals surface area contributed by atoms with E-state index in [1.807, 2.05) is 12.1 Å². The zero-order chi connectivity index (χ0) is 23.2. The summed E-state index contributed by atoms with van der Waals surface area (Å²) in [6.07, 6.45) is 2.09. The van der Waals surface area contributed by atoms with Crippen molar-refractivity contribution in [2.24, 2.45) is 0 Å². The zero-order valence-corrected chi connectivity index (χ0v) is 19.3. The number of nitrogens with zero attached hydrogens (tertiary/aromatic N) is 1. The van der Waals surface area contributed by atoms with Crippen LogP contribution in [0.2, 0.25) is 0 Å². The Kier molecular flexibility index (Phi) is 7.51. The van der Waals surface area contributed by atoms with Crippen LogP contribution in [0.3, 0.4) is 0 Å². The Morgan fingerprint density at radius 2 is 1.94 bits per heavy atom. The molecule has 2 N–H and O–H groups in total. The summed E-state index contributed by atoms with van der Waals surface area (Å²) in [5.41, 5.74) is 2.29. The van der Waals surface area contributed by atoms with E-state index in [-0.39, 0.29) is 23.6 Å². The molecule has 0 aliphatic carbocycles. The normalized spacial score (nSPS) is 15.4. The summed E-state index contributed by atoms with van der Waals surface area (Å²) >= 11 is 1.32. The van der Waals surface area contributed by atoms with Crippen molar-refractivity contribution in [3.63, 3.8) is 0 Å². The van der Waals surface area contributed by atoms with Gasteiger partial charge in [0.1, 0.15) is 16.7 Å². The topological polar surface area (TPSA) is 85.5 Å². The molecule has 0 radical (unpaired) electrons. The Morgan fingerprint density at radius 1 is 1.18 bits per heavy atom. The van der Waals surface area contributed by atoms with E-state index in [1.165, 1.54) is 23.9 Å². The molecule has 1 atom stereocenters. The molecule has 1 aliphatic heterocycles. The minimum atomic E-state index is -0.318. The van der Waals surface area contributed by atoms with Crippen molar-refractivity contribution in [3.05, 3.63) is 48.3 Å². The third-order valence-electron chi connectivity index (χ3n) is 5.35. The van der Waals surface area contributed by atoms with E-state index in [1.54, 1.807) is 32.4 Å². The highest BCUT2D eigenvalue weighted by Crippen LogP contribution is 2.35. The van der Waals surface area contributed by atoms with E-state index < -0.39 is 0 Å². The Morgan fingerprint density at radius 3 is 2.64 bits per heavy atom. The van der Waals surface area contributed by atoms with Crippen LogP contribution in [0.5, 0.6) is 11.5 Å². The number of nitrogens with one attached hydrogen (secondary N) is 2. The van der Waals surface area contributed by atoms with Crippen LogP contribution in [-0.4, -0.2) is 55.1 Å². The van der Waals surface area contributed by atoms with Gasteiger partial charge in [0.05, 0.1) is 31.8 Å². The number of hydrogen-bond donors (Lipinski definition) is 2. The van der Waals surface area contributed by atoms with Gasteiger partial charge in [0.2, 0.25) is 5.91 Å². The van der Waals surface area contributed by atoms with Crippen LogP contribution in [0.25, 0.3) is 22.6 Å². The van der Waals surface area contributed by atoms with Crippen molar-refractivity contribution in [2.75, 3.05) is 33.1 Å². The van der Waals surface area contributed by atoms with Crippen LogP contribution in [0.4, 0.5) is 4.39 Å². The molecule has 1 saturated heterocycles. The smallest absolute Gasteiger partial charge is 0.230 e. The molecule has 1 aromatic heterocycles. The number of carbonyl (C=O) groups excluding carboxylic acids is 1. The summed E-state index contributed by atoms with van der Waals surface area (Å²) in [6.45, 7) is 1.27. The average molecular weight is 472 g/mol. The van der Waals surface area contributed by atoms with Gasteiger partial charge in [-0.05, 0) is 55.3 Å². The van der Waals surface area contributed by atoms with Gasteiger partial charge in [0.15, 0.2) is 11.5 Å². The van der Waals surface area contributed by atoms with Crippen LogP contribution in [-0.2, 0) is 9.53 Å². The van der Waals surface area contributed by atoms with Gasteiger partial charge >= 0.3 is 0 Å². The first-order valence-corrected chi connectivity index (χ1v) is 11.7. The predicted octanol–water partition coefficient (Wildman–Crippen LogP) is 4.29. The van der Waals surface area contributed by atoms with E-state index >= 15 is 0 Å². The highest BCUT2D eigenvalue weighted by molar-refractivity contribution is 8.00. The highest BCUT2D eigenvalue weighted by Gasteiger charge is 2.19. The molecule has 1 amide bonds. The van der Waals surface area contributed by atoms with Gasteiger partial charge in [-0.1, -0.05) is 11.8 Å². The Hall–Kier alpha value is -3.04. The number of hydrogen-bond acceptors (Lipinski definition) is 6. The van der Waals surface area contributed by atoms with Crippen LogP contribution in [0.15, 0.2) is 47.5 Å². The van der Waals surface area contributed by atoms with E-state index in [9.17, 15) is 9.18 Å². The van der Waals surface area contributed by atoms with Gasteiger partial charge < -0.3 is 24.5 Å². The Labute approximate surface area is 196 Å². The molecule has 2 aromatic carbocycles. The highest BCUT2D eigenvalue weighted by atomic mass is 32.2. The number of imidazole rings is 1. The molecule has 1 aliphatic rings. The molecule has 0 bridgehead atoms. The Balaban J connectivity index is 1.56. The number of benzene rings is 2. The first kappa shape index (κ1) is 23.1. The van der Waals surface area contributed by atoms with E-state index in [2.05, 4.69) is 10.3 Å². The molecule has 1 fully saturated rings. The maximum absolute atomic E-state index is 13.5. The number of aromatic nitrogens is 2. The number of methoxy groups -OCH3 is 2. The van der Waals surface area contributed by atoms with Gasteiger partial charge in [-0.25, -0.2) is 9.37 Å². The maximum Gasteiger partial charge on any atom is 0.230 e. The van der Waals surface area contributed by atoms with Gasteiger partial charge in [0, 0.05) is 24.3 Å². The van der Waals surface area contributed by atoms with Gasteiger partial charge in [0.25, 0.3) is 0 Å². The van der Waals surface area contributed by atoms with Crippen LogP contribution < -0.4 is 14.8 Å².